The Morgan fingerprint density at radius 2 is 1.44 bits per heavy atom. The number of anilines is 2. The van der Waals surface area contributed by atoms with Gasteiger partial charge in [0.25, 0.3) is 11.8 Å². The van der Waals surface area contributed by atoms with E-state index in [-0.39, 0.29) is 18.2 Å². The van der Waals surface area contributed by atoms with E-state index in [1.165, 1.54) is 23.1 Å². The van der Waals surface area contributed by atoms with Gasteiger partial charge >= 0.3 is 5.97 Å². The summed E-state index contributed by atoms with van der Waals surface area (Å²) in [6.45, 7) is 2.43. The van der Waals surface area contributed by atoms with Crippen molar-refractivity contribution in [2.75, 3.05) is 17.2 Å². The summed E-state index contributed by atoms with van der Waals surface area (Å²) in [6.07, 6.45) is 7.50. The molecule has 61 heavy (non-hydrogen) atoms. The number of carbonyl (C=O) groups excluding carboxylic acids is 4. The molecule has 1 aliphatic rings. The Labute approximate surface area is 364 Å². The predicted molar refractivity (Wildman–Crippen MR) is 244 cm³/mol. The van der Waals surface area contributed by atoms with Crippen molar-refractivity contribution in [3.8, 4) is 5.75 Å². The van der Waals surface area contributed by atoms with Crippen molar-refractivity contribution in [1.82, 2.24) is 5.32 Å². The van der Waals surface area contributed by atoms with Crippen LogP contribution >= 0.6 is 23.1 Å². The van der Waals surface area contributed by atoms with Crippen molar-refractivity contribution < 1.29 is 28.7 Å². The lowest BCUT2D eigenvalue weighted by Crippen LogP contribution is -2.30. The molecule has 0 saturated heterocycles. The van der Waals surface area contributed by atoms with E-state index in [1.54, 1.807) is 55.5 Å². The topological polar surface area (TPSA) is 123 Å². The molecule has 1 atom stereocenters. The number of thiophene rings is 1. The number of carbonyl (C=O) groups is 4. The second-order valence-corrected chi connectivity index (χ2v) is 16.7. The zero-order chi connectivity index (χ0) is 42.4. The highest BCUT2D eigenvalue weighted by atomic mass is 32.2. The average Bonchev–Trinajstić information content (AvgIpc) is 3.61. The number of hydrogen-bond acceptors (Lipinski definition) is 8. The van der Waals surface area contributed by atoms with Gasteiger partial charge in [0.2, 0.25) is 5.91 Å². The molecule has 0 saturated carbocycles. The third-order valence-electron chi connectivity index (χ3n) is 10.0. The van der Waals surface area contributed by atoms with Gasteiger partial charge in [-0.2, -0.15) is 0 Å². The Kier molecular flexibility index (Phi) is 14.8. The van der Waals surface area contributed by atoms with Crippen LogP contribution in [0.1, 0.15) is 85.7 Å². The molecule has 1 unspecified atom stereocenters. The van der Waals surface area contributed by atoms with Gasteiger partial charge in [0, 0.05) is 21.0 Å². The number of amides is 3. The van der Waals surface area contributed by atoms with E-state index in [9.17, 15) is 19.2 Å². The van der Waals surface area contributed by atoms with Crippen LogP contribution in [0, 0.1) is 0 Å². The molecule has 11 heteroatoms. The van der Waals surface area contributed by atoms with Crippen LogP contribution in [0.3, 0.4) is 0 Å². The number of rotatable bonds is 15. The Bertz CT molecular complexity index is 2470. The van der Waals surface area contributed by atoms with Crippen molar-refractivity contribution in [2.45, 2.75) is 62.2 Å². The highest BCUT2D eigenvalue weighted by Gasteiger charge is 2.29. The molecule has 310 valence electrons. The zero-order valence-electron chi connectivity index (χ0n) is 33.9. The Balaban J connectivity index is 1.11. The van der Waals surface area contributed by atoms with Crippen LogP contribution in [0.2, 0.25) is 0 Å². The molecule has 1 aliphatic carbocycles. The van der Waals surface area contributed by atoms with Crippen LogP contribution in [0.4, 0.5) is 10.7 Å². The van der Waals surface area contributed by atoms with E-state index in [2.05, 4.69) is 16.0 Å². The number of hydrogen-bond donors (Lipinski definition) is 3. The molecule has 1 aromatic heterocycles. The minimum absolute atomic E-state index is 0.0360. The molecule has 3 amide bonds. The molecule has 6 aromatic rings. The fourth-order valence-corrected chi connectivity index (χ4v) is 9.36. The van der Waals surface area contributed by atoms with E-state index in [0.29, 0.717) is 39.7 Å². The van der Waals surface area contributed by atoms with Gasteiger partial charge in [-0.1, -0.05) is 110 Å². The number of nitrogens with one attached hydrogen (secondary N) is 3. The molecule has 0 bridgehead atoms. The Morgan fingerprint density at radius 3 is 2.16 bits per heavy atom. The maximum atomic E-state index is 14.4. The minimum atomic E-state index is -0.702. The first-order valence-electron chi connectivity index (χ1n) is 20.4. The number of ether oxygens (including phenoxy) is 2. The molecule has 1 heterocycles. The summed E-state index contributed by atoms with van der Waals surface area (Å²) < 4.78 is 11.4. The lowest BCUT2D eigenvalue weighted by molar-refractivity contribution is -0.116. The minimum Gasteiger partial charge on any atom is -0.489 e. The molecule has 7 rings (SSSR count). The molecule has 0 fully saturated rings. The van der Waals surface area contributed by atoms with Crippen molar-refractivity contribution >= 4 is 63.6 Å². The van der Waals surface area contributed by atoms with Gasteiger partial charge in [-0.15, -0.1) is 23.1 Å². The molecule has 3 N–H and O–H groups in total. The third-order valence-corrected chi connectivity index (χ3v) is 12.5. The van der Waals surface area contributed by atoms with Crippen LogP contribution in [-0.2, 0) is 33.8 Å². The summed E-state index contributed by atoms with van der Waals surface area (Å²) in [5.74, 6) is -1.00. The number of benzene rings is 5. The van der Waals surface area contributed by atoms with E-state index in [4.69, 9.17) is 9.47 Å². The van der Waals surface area contributed by atoms with E-state index in [1.807, 2.05) is 97.1 Å². The second kappa shape index (κ2) is 21.2. The quantitative estimate of drug-likeness (QED) is 0.0534. The predicted octanol–water partition coefficient (Wildman–Crippen LogP) is 11.0. The van der Waals surface area contributed by atoms with Crippen molar-refractivity contribution in [2.24, 2.45) is 0 Å². The van der Waals surface area contributed by atoms with Crippen molar-refractivity contribution in [3.63, 3.8) is 0 Å². The number of aryl methyl sites for hydroxylation is 1. The molecule has 0 aliphatic heterocycles. The average molecular weight is 850 g/mol. The van der Waals surface area contributed by atoms with Gasteiger partial charge < -0.3 is 25.4 Å². The van der Waals surface area contributed by atoms with Crippen molar-refractivity contribution in [1.29, 1.82) is 0 Å². The summed E-state index contributed by atoms with van der Waals surface area (Å²) in [4.78, 5) is 56.9. The fourth-order valence-electron chi connectivity index (χ4n) is 7.00. The molecular weight excluding hydrogens is 803 g/mol. The molecule has 0 spiro atoms. The highest BCUT2D eigenvalue weighted by Crippen LogP contribution is 2.41. The molecule has 0 radical (unpaired) electrons. The lowest BCUT2D eigenvalue weighted by Gasteiger charge is -2.18. The van der Waals surface area contributed by atoms with Crippen LogP contribution in [0.15, 0.2) is 150 Å². The standard InChI is InChI=1S/C50H47N3O6S2/c1-2-58-50(57)44-41-25-14-3-4-15-26-43(41)61-49(44)53-48(56)45(36-19-10-6-11-20-36)60-40-24-16-23-38(32-40)51-47(55)42(52-46(54)37-21-12-7-13-22-37)31-34-27-29-39(30-28-34)59-33-35-17-8-5-9-18-35/h5-13,16-24,27-32,45H,2-4,14-15,25-26,33H2,1H3,(H,51,55)(H,52,54)(H,53,56)/b42-31+. The van der Waals surface area contributed by atoms with Gasteiger partial charge in [0.05, 0.1) is 12.2 Å². The first kappa shape index (κ1) is 42.7. The van der Waals surface area contributed by atoms with Gasteiger partial charge in [-0.05, 0) is 103 Å². The summed E-state index contributed by atoms with van der Waals surface area (Å²) in [6, 6.07) is 42.5. The maximum Gasteiger partial charge on any atom is 0.341 e. The number of esters is 1. The van der Waals surface area contributed by atoms with E-state index in [0.717, 1.165) is 65.0 Å². The second-order valence-electron chi connectivity index (χ2n) is 14.4. The first-order chi connectivity index (χ1) is 29.8. The third kappa shape index (κ3) is 11.7. The maximum absolute atomic E-state index is 14.4. The van der Waals surface area contributed by atoms with Crippen LogP contribution in [0.5, 0.6) is 5.75 Å². The van der Waals surface area contributed by atoms with Crippen molar-refractivity contribution in [3.05, 3.63) is 183 Å². The summed E-state index contributed by atoms with van der Waals surface area (Å²) in [7, 11) is 0. The molecule has 9 nitrogen and oxygen atoms in total. The largest absolute Gasteiger partial charge is 0.489 e. The van der Waals surface area contributed by atoms with Gasteiger partial charge in [-0.25, -0.2) is 4.79 Å². The summed E-state index contributed by atoms with van der Waals surface area (Å²) in [5.41, 5.74) is 4.86. The SMILES string of the molecule is CCOC(=O)c1c(NC(=O)C(Sc2cccc(NC(=O)/C(=C\c3ccc(OCc4ccccc4)cc3)NC(=O)c3ccccc3)c2)c2ccccc2)sc2c1CCCCCC2. The Hall–Kier alpha value is -6.43. The zero-order valence-corrected chi connectivity index (χ0v) is 35.5. The molecular formula is C50H47N3O6S2. The van der Waals surface area contributed by atoms with Crippen LogP contribution < -0.4 is 20.7 Å². The smallest absolute Gasteiger partial charge is 0.341 e. The molecule has 5 aromatic carbocycles. The summed E-state index contributed by atoms with van der Waals surface area (Å²) >= 11 is 2.80. The van der Waals surface area contributed by atoms with Gasteiger partial charge in [0.1, 0.15) is 28.3 Å². The summed E-state index contributed by atoms with van der Waals surface area (Å²) in [5, 5.41) is 8.70. The van der Waals surface area contributed by atoms with E-state index >= 15 is 0 Å². The van der Waals surface area contributed by atoms with Crippen LogP contribution in [0.25, 0.3) is 6.08 Å². The monoisotopic (exact) mass is 849 g/mol. The van der Waals surface area contributed by atoms with Crippen LogP contribution in [-0.4, -0.2) is 30.3 Å². The Morgan fingerprint density at radius 1 is 0.754 bits per heavy atom. The lowest BCUT2D eigenvalue weighted by atomic mass is 9.96. The number of fused-ring (bicyclic) bond motifs is 1. The first-order valence-corrected chi connectivity index (χ1v) is 22.1. The highest BCUT2D eigenvalue weighted by molar-refractivity contribution is 8.00. The van der Waals surface area contributed by atoms with Gasteiger partial charge in [-0.3, -0.25) is 14.4 Å². The normalized spacial score (nSPS) is 13.1. The van der Waals surface area contributed by atoms with Gasteiger partial charge in [0.15, 0.2) is 0 Å². The fraction of sp³-hybridized carbons (Fsp3) is 0.200. The number of thioether (sulfide) groups is 1. The van der Waals surface area contributed by atoms with E-state index < -0.39 is 23.0 Å².